The van der Waals surface area contributed by atoms with E-state index in [9.17, 15) is 9.59 Å². The molecule has 0 fully saturated rings. The van der Waals surface area contributed by atoms with E-state index in [4.69, 9.17) is 5.11 Å². The molecule has 2 rings (SSSR count). The van der Waals surface area contributed by atoms with E-state index in [0.717, 1.165) is 6.42 Å². The maximum atomic E-state index is 12.1. The number of nitrogens with zero attached hydrogens (tertiary/aromatic N) is 1. The molecule has 1 N–H and O–H groups in total. The number of unbranched alkanes of at least 4 members (excludes halogenated alkanes) is 1. The normalized spacial score (nSPS) is 10.7. The van der Waals surface area contributed by atoms with Crippen LogP contribution in [0.15, 0.2) is 42.5 Å². The minimum Gasteiger partial charge on any atom is -0.481 e. The van der Waals surface area contributed by atoms with Crippen molar-refractivity contribution in [2.24, 2.45) is 0 Å². The maximum Gasteiger partial charge on any atom is 0.303 e. The number of benzene rings is 2. The number of amides is 1. The van der Waals surface area contributed by atoms with Crippen LogP contribution in [0.2, 0.25) is 0 Å². The van der Waals surface area contributed by atoms with E-state index in [1.54, 1.807) is 4.90 Å². The molecule has 0 heterocycles. The van der Waals surface area contributed by atoms with Crippen molar-refractivity contribution in [3.63, 3.8) is 0 Å². The molecule has 0 saturated carbocycles. The summed E-state index contributed by atoms with van der Waals surface area (Å²) >= 11 is 0. The quantitative estimate of drug-likeness (QED) is 0.759. The number of hydrogen-bond donors (Lipinski definition) is 1. The number of carbonyl (C=O) groups is 2. The molecule has 122 valence electrons. The highest BCUT2D eigenvalue weighted by Gasteiger charge is 2.10. The van der Waals surface area contributed by atoms with Gasteiger partial charge in [-0.15, -0.1) is 0 Å². The van der Waals surface area contributed by atoms with Crippen molar-refractivity contribution in [2.75, 3.05) is 13.6 Å². The lowest BCUT2D eigenvalue weighted by atomic mass is 10.0. The zero-order valence-electron chi connectivity index (χ0n) is 13.5. The fourth-order valence-electron chi connectivity index (χ4n) is 2.67. The van der Waals surface area contributed by atoms with Crippen molar-refractivity contribution in [1.82, 2.24) is 4.90 Å². The molecule has 2 aromatic rings. The van der Waals surface area contributed by atoms with Gasteiger partial charge in [-0.1, -0.05) is 42.5 Å². The van der Waals surface area contributed by atoms with Gasteiger partial charge in [0.1, 0.15) is 0 Å². The number of likely N-dealkylation sites (N-methyl/N-ethyl adjacent to an activating group) is 1. The van der Waals surface area contributed by atoms with Gasteiger partial charge in [-0.25, -0.2) is 0 Å². The minimum absolute atomic E-state index is 0.0793. The van der Waals surface area contributed by atoms with Crippen LogP contribution in [-0.2, 0) is 16.0 Å². The third-order valence-electron chi connectivity index (χ3n) is 4.05. The first-order valence-electron chi connectivity index (χ1n) is 8.00. The van der Waals surface area contributed by atoms with E-state index >= 15 is 0 Å². The summed E-state index contributed by atoms with van der Waals surface area (Å²) in [7, 11) is 1.81. The molecule has 23 heavy (non-hydrogen) atoms. The number of aliphatic carboxylic acids is 1. The van der Waals surface area contributed by atoms with Gasteiger partial charge in [0.15, 0.2) is 0 Å². The Morgan fingerprint density at radius 3 is 2.48 bits per heavy atom. The van der Waals surface area contributed by atoms with Crippen LogP contribution in [0, 0.1) is 0 Å². The molecule has 0 aliphatic heterocycles. The second-order valence-electron chi connectivity index (χ2n) is 5.80. The molecule has 0 unspecified atom stereocenters. The number of fused-ring (bicyclic) bond motifs is 1. The van der Waals surface area contributed by atoms with Crippen LogP contribution in [0.4, 0.5) is 0 Å². The number of carboxylic acid groups (broad SMARTS) is 1. The van der Waals surface area contributed by atoms with Crippen LogP contribution in [0.5, 0.6) is 0 Å². The summed E-state index contributed by atoms with van der Waals surface area (Å²) in [6.45, 7) is 0.672. The molecule has 4 heteroatoms. The molecule has 0 saturated heterocycles. The third-order valence-corrected chi connectivity index (χ3v) is 4.05. The molecular weight excluding hydrogens is 290 g/mol. The maximum absolute atomic E-state index is 12.1. The summed E-state index contributed by atoms with van der Waals surface area (Å²) < 4.78 is 0. The van der Waals surface area contributed by atoms with Crippen LogP contribution in [-0.4, -0.2) is 35.5 Å². The third kappa shape index (κ3) is 5.09. The van der Waals surface area contributed by atoms with Crippen molar-refractivity contribution < 1.29 is 14.7 Å². The molecule has 0 aliphatic rings. The van der Waals surface area contributed by atoms with Crippen molar-refractivity contribution in [2.45, 2.75) is 32.1 Å². The Labute approximate surface area is 136 Å². The van der Waals surface area contributed by atoms with Crippen molar-refractivity contribution >= 4 is 22.6 Å². The van der Waals surface area contributed by atoms with E-state index in [2.05, 4.69) is 24.3 Å². The fourth-order valence-corrected chi connectivity index (χ4v) is 2.67. The minimum atomic E-state index is -0.804. The zero-order valence-corrected chi connectivity index (χ0v) is 13.5. The van der Waals surface area contributed by atoms with E-state index in [0.29, 0.717) is 25.8 Å². The SMILES string of the molecule is CN(CCc1cccc2ccccc12)C(=O)CCCCC(=O)O. The average molecular weight is 313 g/mol. The van der Waals surface area contributed by atoms with Gasteiger partial charge in [0.2, 0.25) is 5.91 Å². The highest BCUT2D eigenvalue weighted by Crippen LogP contribution is 2.19. The van der Waals surface area contributed by atoms with Crippen molar-refractivity contribution in [3.8, 4) is 0 Å². The van der Waals surface area contributed by atoms with Crippen molar-refractivity contribution in [1.29, 1.82) is 0 Å². The van der Waals surface area contributed by atoms with Gasteiger partial charge in [-0.3, -0.25) is 9.59 Å². The number of rotatable bonds is 8. The summed E-state index contributed by atoms with van der Waals surface area (Å²) in [6, 6.07) is 14.5. The second kappa shape index (κ2) is 8.32. The summed E-state index contributed by atoms with van der Waals surface area (Å²) in [4.78, 5) is 24.2. The molecule has 0 aliphatic carbocycles. The van der Waals surface area contributed by atoms with Gasteiger partial charge in [0, 0.05) is 26.4 Å². The van der Waals surface area contributed by atoms with Gasteiger partial charge in [0.05, 0.1) is 0 Å². The molecule has 4 nitrogen and oxygen atoms in total. The average Bonchev–Trinajstić information content (AvgIpc) is 2.56. The lowest BCUT2D eigenvalue weighted by Gasteiger charge is -2.17. The van der Waals surface area contributed by atoms with Gasteiger partial charge >= 0.3 is 5.97 Å². The predicted octanol–water partition coefficient (Wildman–Crippen LogP) is 3.49. The van der Waals surface area contributed by atoms with E-state index in [-0.39, 0.29) is 12.3 Å². The first-order valence-corrected chi connectivity index (χ1v) is 8.00. The van der Waals surface area contributed by atoms with Gasteiger partial charge in [-0.2, -0.15) is 0 Å². The number of carbonyl (C=O) groups excluding carboxylic acids is 1. The van der Waals surface area contributed by atoms with Gasteiger partial charge in [-0.05, 0) is 35.6 Å². The standard InChI is InChI=1S/C19H23NO3/c1-20(18(21)11-4-5-12-19(22)23)14-13-16-9-6-8-15-7-2-3-10-17(15)16/h2-3,6-10H,4-5,11-14H2,1H3,(H,22,23). The summed E-state index contributed by atoms with van der Waals surface area (Å²) in [6.07, 6.45) is 2.55. The van der Waals surface area contributed by atoms with Crippen LogP contribution in [0.3, 0.4) is 0 Å². The zero-order chi connectivity index (χ0) is 16.7. The van der Waals surface area contributed by atoms with E-state index in [1.807, 2.05) is 25.2 Å². The van der Waals surface area contributed by atoms with Crippen LogP contribution >= 0.6 is 0 Å². The highest BCUT2D eigenvalue weighted by atomic mass is 16.4. The number of hydrogen-bond acceptors (Lipinski definition) is 2. The molecule has 0 aromatic heterocycles. The topological polar surface area (TPSA) is 57.6 Å². The fraction of sp³-hybridized carbons (Fsp3) is 0.368. The van der Waals surface area contributed by atoms with Crippen LogP contribution in [0.25, 0.3) is 10.8 Å². The second-order valence-corrected chi connectivity index (χ2v) is 5.80. The smallest absolute Gasteiger partial charge is 0.303 e. The van der Waals surface area contributed by atoms with Crippen LogP contribution < -0.4 is 0 Å². The molecule has 1 amide bonds. The predicted molar refractivity (Wildman–Crippen MR) is 91.4 cm³/mol. The Kier molecular flexibility index (Phi) is 6.15. The lowest BCUT2D eigenvalue weighted by molar-refractivity contribution is -0.137. The summed E-state index contributed by atoms with van der Waals surface area (Å²) in [5.74, 6) is -0.725. The van der Waals surface area contributed by atoms with Crippen molar-refractivity contribution in [3.05, 3.63) is 48.0 Å². The van der Waals surface area contributed by atoms with Gasteiger partial charge in [0.25, 0.3) is 0 Å². The summed E-state index contributed by atoms with van der Waals surface area (Å²) in [5, 5.41) is 11.0. The molecule has 2 aromatic carbocycles. The molecule has 0 bridgehead atoms. The largest absolute Gasteiger partial charge is 0.481 e. The summed E-state index contributed by atoms with van der Waals surface area (Å²) in [5.41, 5.74) is 1.24. The van der Waals surface area contributed by atoms with Gasteiger partial charge < -0.3 is 10.0 Å². The molecular formula is C19H23NO3. The molecule has 0 radical (unpaired) electrons. The first kappa shape index (κ1) is 17.0. The van der Waals surface area contributed by atoms with Crippen LogP contribution in [0.1, 0.15) is 31.2 Å². The molecule has 0 atom stereocenters. The Balaban J connectivity index is 1.84. The Morgan fingerprint density at radius 2 is 1.70 bits per heavy atom. The first-order chi connectivity index (χ1) is 11.1. The Hall–Kier alpha value is -2.36. The Morgan fingerprint density at radius 1 is 1.00 bits per heavy atom. The van der Waals surface area contributed by atoms with E-state index in [1.165, 1.54) is 16.3 Å². The monoisotopic (exact) mass is 313 g/mol. The lowest BCUT2D eigenvalue weighted by Crippen LogP contribution is -2.28. The Bertz CT molecular complexity index is 676. The van der Waals surface area contributed by atoms with E-state index < -0.39 is 5.97 Å². The highest BCUT2D eigenvalue weighted by molar-refractivity contribution is 5.85. The molecule has 0 spiro atoms. The number of carboxylic acids is 1.